The first-order valence-corrected chi connectivity index (χ1v) is 6.98. The van der Waals surface area contributed by atoms with Gasteiger partial charge in [0, 0.05) is 0 Å². The molecule has 2 rings (SSSR count). The lowest BCUT2D eigenvalue weighted by Crippen LogP contribution is -2.61. The van der Waals surface area contributed by atoms with Gasteiger partial charge in [0.25, 0.3) is 0 Å². The van der Waals surface area contributed by atoms with Gasteiger partial charge in [-0.3, -0.25) is 0 Å². The summed E-state index contributed by atoms with van der Waals surface area (Å²) in [5.74, 6) is 0.346. The van der Waals surface area contributed by atoms with Crippen LogP contribution in [0.15, 0.2) is 30.3 Å². The molecule has 0 heterocycles. The van der Waals surface area contributed by atoms with E-state index in [4.69, 9.17) is 0 Å². The van der Waals surface area contributed by atoms with Crippen LogP contribution in [0.5, 0.6) is 5.75 Å². The van der Waals surface area contributed by atoms with Gasteiger partial charge in [0.15, 0.2) is 0 Å². The quantitative estimate of drug-likeness (QED) is 0.785. The van der Waals surface area contributed by atoms with Crippen LogP contribution in [-0.2, 0) is 0 Å². The van der Waals surface area contributed by atoms with Crippen molar-refractivity contribution in [2.75, 3.05) is 0 Å². The molecule has 1 aromatic carbocycles. The van der Waals surface area contributed by atoms with E-state index in [0.717, 1.165) is 6.04 Å². The van der Waals surface area contributed by atoms with Crippen LogP contribution in [0.1, 0.15) is 32.1 Å². The molecule has 0 saturated heterocycles. The second kappa shape index (κ2) is 8.43. The highest BCUT2D eigenvalue weighted by Gasteiger charge is 2.09. The molecule has 0 radical (unpaired) electrons. The van der Waals surface area contributed by atoms with Gasteiger partial charge in [-0.05, 0) is 37.8 Å². The Kier molecular flexibility index (Phi) is 7.13. The molecule has 5 heteroatoms. The van der Waals surface area contributed by atoms with E-state index in [1.54, 1.807) is 30.3 Å². The van der Waals surface area contributed by atoms with Crippen molar-refractivity contribution in [1.82, 2.24) is 0 Å². The molecule has 96 valence electrons. The number of hydrogen-bond acceptors (Lipinski definition) is 3. The minimum absolute atomic E-state index is 0.346. The molecule has 1 fully saturated rings. The largest absolute Gasteiger partial charge is 0.810 e. The molecule has 0 atom stereocenters. The minimum Gasteiger partial charge on any atom is -0.810 e. The average molecular weight is 256 g/mol. The molecule has 17 heavy (non-hydrogen) atoms. The van der Waals surface area contributed by atoms with E-state index in [-0.39, 0.29) is 0 Å². The molecular formula is C12H19NO3P-. The number of para-hydroxylation sites is 1. The fourth-order valence-corrected chi connectivity index (χ4v) is 2.05. The van der Waals surface area contributed by atoms with Crippen molar-refractivity contribution in [2.24, 2.45) is 0 Å². The van der Waals surface area contributed by atoms with Gasteiger partial charge in [0.1, 0.15) is 5.75 Å². The first kappa shape index (κ1) is 14.4. The Hall–Kier alpha value is -0.670. The second-order valence-corrected chi connectivity index (χ2v) is 4.76. The first-order valence-electron chi connectivity index (χ1n) is 5.89. The Morgan fingerprint density at radius 3 is 2.06 bits per heavy atom. The predicted molar refractivity (Wildman–Crippen MR) is 63.8 cm³/mol. The molecule has 4 nitrogen and oxygen atoms in total. The summed E-state index contributed by atoms with van der Waals surface area (Å²) in [6.45, 7) is 0. The van der Waals surface area contributed by atoms with Crippen LogP contribution in [0.2, 0.25) is 0 Å². The van der Waals surface area contributed by atoms with Crippen LogP contribution in [0, 0.1) is 0 Å². The zero-order valence-electron chi connectivity index (χ0n) is 9.88. The first-order chi connectivity index (χ1) is 8.18. The summed E-state index contributed by atoms with van der Waals surface area (Å²) in [6.07, 6.45) is 7.05. The third kappa shape index (κ3) is 7.29. The molecule has 0 aromatic heterocycles. The molecule has 3 N–H and O–H groups in total. The van der Waals surface area contributed by atoms with Crippen LogP contribution >= 0.6 is 8.60 Å². The van der Waals surface area contributed by atoms with E-state index >= 15 is 0 Å². The lowest BCUT2D eigenvalue weighted by Gasteiger charge is -2.29. The fraction of sp³-hybridized carbons (Fsp3) is 0.500. The third-order valence-corrected chi connectivity index (χ3v) is 3.01. The Bertz CT molecular complexity index is 289. The Morgan fingerprint density at radius 2 is 1.65 bits per heavy atom. The predicted octanol–water partition coefficient (Wildman–Crippen LogP) is 0.574. The van der Waals surface area contributed by atoms with Gasteiger partial charge in [-0.1, -0.05) is 33.2 Å². The summed E-state index contributed by atoms with van der Waals surface area (Å²) in [5.41, 5.74) is 4.00. The summed E-state index contributed by atoms with van der Waals surface area (Å²) in [5, 5.41) is 0. The fourth-order valence-electron chi connectivity index (χ4n) is 1.75. The molecule has 0 amide bonds. The van der Waals surface area contributed by atoms with E-state index in [2.05, 4.69) is 10.3 Å². The lowest BCUT2D eigenvalue weighted by molar-refractivity contribution is -0.425. The van der Waals surface area contributed by atoms with Crippen molar-refractivity contribution >= 4 is 8.60 Å². The molecule has 0 bridgehead atoms. The van der Waals surface area contributed by atoms with E-state index in [1.807, 2.05) is 0 Å². The highest BCUT2D eigenvalue weighted by molar-refractivity contribution is 7.36. The van der Waals surface area contributed by atoms with E-state index < -0.39 is 8.60 Å². The minimum atomic E-state index is -2.78. The van der Waals surface area contributed by atoms with Gasteiger partial charge >= 0.3 is 0 Å². The maximum atomic E-state index is 9.98. The highest BCUT2D eigenvalue weighted by atomic mass is 31.2. The van der Waals surface area contributed by atoms with E-state index in [9.17, 15) is 9.79 Å². The van der Waals surface area contributed by atoms with Gasteiger partial charge in [0.2, 0.25) is 0 Å². The maximum Gasteiger partial charge on any atom is 0.119 e. The van der Waals surface area contributed by atoms with E-state index in [0.29, 0.717) is 5.75 Å². The molecular weight excluding hydrogens is 237 g/mol. The molecule has 1 aliphatic rings. The molecule has 0 aliphatic heterocycles. The molecule has 0 unspecified atom stereocenters. The van der Waals surface area contributed by atoms with Crippen LogP contribution in [0.25, 0.3) is 0 Å². The van der Waals surface area contributed by atoms with Crippen LogP contribution < -0.4 is 20.0 Å². The highest BCUT2D eigenvalue weighted by Crippen LogP contribution is 2.20. The molecule has 0 spiro atoms. The summed E-state index contributed by atoms with van der Waals surface area (Å²) in [6, 6.07) is 9.12. The van der Waals surface area contributed by atoms with Gasteiger partial charge in [0.05, 0.1) is 6.04 Å². The Balaban J connectivity index is 0.000000181. The maximum absolute atomic E-state index is 9.98. The molecule has 1 aromatic rings. The molecule has 1 saturated carbocycles. The van der Waals surface area contributed by atoms with Crippen LogP contribution in [-0.4, -0.2) is 6.04 Å². The Morgan fingerprint density at radius 1 is 1.06 bits per heavy atom. The van der Waals surface area contributed by atoms with Crippen LogP contribution in [0.4, 0.5) is 0 Å². The number of benzene rings is 1. The standard InChI is InChI=1S/C6H13N.C6H5O3P/c7-6-4-2-1-3-5-6;7-10(8)9-6-4-2-1-3-5-6/h6H,1-5,7H2;1-5H/q;-2/p+1. The lowest BCUT2D eigenvalue weighted by atomic mass is 9.97. The van der Waals surface area contributed by atoms with Crippen molar-refractivity contribution in [3.8, 4) is 5.75 Å². The average Bonchev–Trinajstić information content (AvgIpc) is 2.31. The van der Waals surface area contributed by atoms with Crippen molar-refractivity contribution in [3.63, 3.8) is 0 Å². The van der Waals surface area contributed by atoms with Gasteiger partial charge < -0.3 is 20.0 Å². The third-order valence-electron chi connectivity index (χ3n) is 2.65. The molecule has 1 aliphatic carbocycles. The number of rotatable bonds is 2. The van der Waals surface area contributed by atoms with E-state index in [1.165, 1.54) is 32.1 Å². The summed E-state index contributed by atoms with van der Waals surface area (Å²) >= 11 is 0. The summed E-state index contributed by atoms with van der Waals surface area (Å²) in [7, 11) is -2.78. The summed E-state index contributed by atoms with van der Waals surface area (Å²) < 4.78 is 4.37. The summed E-state index contributed by atoms with van der Waals surface area (Å²) in [4.78, 5) is 20.0. The number of hydrogen-bond donors (Lipinski definition) is 1. The normalized spacial score (nSPS) is 16.2. The zero-order valence-corrected chi connectivity index (χ0v) is 10.8. The SMILES string of the molecule is [NH3+]C1CCCCC1.[O-]P([O-])Oc1ccccc1. The smallest absolute Gasteiger partial charge is 0.119 e. The van der Waals surface area contributed by atoms with Crippen molar-refractivity contribution in [1.29, 1.82) is 0 Å². The zero-order chi connectivity index (χ0) is 12.5. The van der Waals surface area contributed by atoms with Crippen molar-refractivity contribution in [2.45, 2.75) is 38.1 Å². The van der Waals surface area contributed by atoms with Gasteiger partial charge in [-0.25, -0.2) is 0 Å². The number of quaternary nitrogens is 1. The van der Waals surface area contributed by atoms with Crippen LogP contribution in [0.3, 0.4) is 0 Å². The monoisotopic (exact) mass is 256 g/mol. The van der Waals surface area contributed by atoms with Crippen molar-refractivity contribution < 1.29 is 20.0 Å². The van der Waals surface area contributed by atoms with Gasteiger partial charge in [-0.15, -0.1) is 0 Å². The van der Waals surface area contributed by atoms with Crippen molar-refractivity contribution in [3.05, 3.63) is 30.3 Å². The second-order valence-electron chi connectivity index (χ2n) is 4.13. The Labute approximate surface area is 103 Å². The topological polar surface area (TPSA) is 83.0 Å². The van der Waals surface area contributed by atoms with Gasteiger partial charge in [-0.2, -0.15) is 0 Å².